The molecule has 2 N–H and O–H groups in total. The lowest BCUT2D eigenvalue weighted by atomic mass is 9.58. The Morgan fingerprint density at radius 2 is 1.63 bits per heavy atom. The fraction of sp³-hybridized carbons (Fsp3) is 0.833. The van der Waals surface area contributed by atoms with Gasteiger partial charge in [-0.1, -0.05) is 19.3 Å². The zero-order chi connectivity index (χ0) is 14.2. The van der Waals surface area contributed by atoms with Gasteiger partial charge < -0.3 is 10.4 Å². The van der Waals surface area contributed by atoms with Crippen molar-refractivity contribution in [1.82, 2.24) is 5.32 Å². The van der Waals surface area contributed by atoms with Crippen molar-refractivity contribution in [2.24, 2.45) is 17.8 Å². The minimum Gasteiger partial charge on any atom is -0.481 e. The predicted molar refractivity (Wildman–Crippen MR) is 59.2 cm³/mol. The zero-order valence-corrected chi connectivity index (χ0v) is 10.2. The lowest BCUT2D eigenvalue weighted by Gasteiger charge is -2.49. The Labute approximate surface area is 108 Å². The van der Waals surface area contributed by atoms with E-state index in [9.17, 15) is 22.8 Å². The van der Waals surface area contributed by atoms with E-state index in [1.54, 1.807) is 0 Å². The number of alkyl halides is 3. The van der Waals surface area contributed by atoms with Crippen LogP contribution in [-0.4, -0.2) is 29.2 Å². The van der Waals surface area contributed by atoms with Gasteiger partial charge >= 0.3 is 18.1 Å². The first kappa shape index (κ1) is 14.1. The maximum Gasteiger partial charge on any atom is 0.471 e. The number of carboxylic acids is 1. The van der Waals surface area contributed by atoms with Crippen LogP contribution in [0, 0.1) is 17.8 Å². The Hall–Kier alpha value is -1.27. The Balaban J connectivity index is 2.09. The quantitative estimate of drug-likeness (QED) is 0.812. The maximum atomic E-state index is 12.2. The highest BCUT2D eigenvalue weighted by Crippen LogP contribution is 2.48. The van der Waals surface area contributed by atoms with Crippen LogP contribution in [0.2, 0.25) is 0 Å². The lowest BCUT2D eigenvalue weighted by Crippen LogP contribution is -2.63. The van der Waals surface area contributed by atoms with Crippen LogP contribution < -0.4 is 5.32 Å². The number of hydrogen-bond donors (Lipinski definition) is 2. The van der Waals surface area contributed by atoms with Gasteiger partial charge in [-0.25, -0.2) is 0 Å². The van der Waals surface area contributed by atoms with Gasteiger partial charge in [-0.2, -0.15) is 13.2 Å². The predicted octanol–water partition coefficient (Wildman–Crippen LogP) is 1.94. The fourth-order valence-corrected chi connectivity index (χ4v) is 3.41. The van der Waals surface area contributed by atoms with Gasteiger partial charge in [0.15, 0.2) is 0 Å². The van der Waals surface area contributed by atoms with Gasteiger partial charge in [-0.05, 0) is 24.7 Å². The summed E-state index contributed by atoms with van der Waals surface area (Å²) in [6.07, 6.45) is -0.786. The first-order chi connectivity index (χ1) is 8.82. The molecule has 2 fully saturated rings. The number of carbonyl (C=O) groups is 2. The smallest absolute Gasteiger partial charge is 0.471 e. The van der Waals surface area contributed by atoms with E-state index >= 15 is 0 Å². The molecule has 0 aromatic rings. The van der Waals surface area contributed by atoms with E-state index in [2.05, 4.69) is 0 Å². The van der Waals surface area contributed by atoms with Crippen molar-refractivity contribution in [3.63, 3.8) is 0 Å². The molecule has 4 atom stereocenters. The molecule has 0 radical (unpaired) electrons. The second-order valence-corrected chi connectivity index (χ2v) is 5.33. The summed E-state index contributed by atoms with van der Waals surface area (Å²) in [5.74, 6) is -4.26. The monoisotopic (exact) mass is 279 g/mol. The molecule has 2 rings (SSSR count). The molecule has 2 aliphatic rings. The molecule has 0 aromatic carbocycles. The van der Waals surface area contributed by atoms with E-state index < -0.39 is 30.0 Å². The van der Waals surface area contributed by atoms with Crippen LogP contribution in [0.1, 0.15) is 32.1 Å². The van der Waals surface area contributed by atoms with Gasteiger partial charge in [0.2, 0.25) is 0 Å². The molecule has 1 amide bonds. The highest BCUT2D eigenvalue weighted by Gasteiger charge is 2.56. The molecule has 0 spiro atoms. The second kappa shape index (κ2) is 5.02. The molecule has 7 heteroatoms. The molecule has 0 unspecified atom stereocenters. The van der Waals surface area contributed by atoms with Crippen LogP contribution in [-0.2, 0) is 9.59 Å². The fourth-order valence-electron chi connectivity index (χ4n) is 3.41. The topological polar surface area (TPSA) is 66.4 Å². The third kappa shape index (κ3) is 2.69. The van der Waals surface area contributed by atoms with Crippen molar-refractivity contribution >= 4 is 11.9 Å². The maximum absolute atomic E-state index is 12.2. The van der Waals surface area contributed by atoms with Crippen molar-refractivity contribution in [2.75, 3.05) is 0 Å². The van der Waals surface area contributed by atoms with E-state index in [4.69, 9.17) is 5.11 Å². The molecule has 0 aliphatic heterocycles. The van der Waals surface area contributed by atoms with Gasteiger partial charge in [0, 0.05) is 6.04 Å². The molecule has 0 saturated heterocycles. The molecule has 2 saturated carbocycles. The number of nitrogens with one attached hydrogen (secondary N) is 1. The van der Waals surface area contributed by atoms with Crippen LogP contribution >= 0.6 is 0 Å². The SMILES string of the molecule is O=C(O)[C@H]1[C@H]2CCCCC[C@H]2[C@@H]1NC(=O)C(F)(F)F. The van der Waals surface area contributed by atoms with Crippen LogP contribution in [0.5, 0.6) is 0 Å². The second-order valence-electron chi connectivity index (χ2n) is 5.33. The van der Waals surface area contributed by atoms with E-state index in [0.29, 0.717) is 6.42 Å². The van der Waals surface area contributed by atoms with Crippen LogP contribution in [0.15, 0.2) is 0 Å². The summed E-state index contributed by atoms with van der Waals surface area (Å²) in [6.45, 7) is 0. The normalized spacial score (nSPS) is 34.7. The first-order valence-electron chi connectivity index (χ1n) is 6.43. The summed E-state index contributed by atoms with van der Waals surface area (Å²) in [5.41, 5.74) is 0. The van der Waals surface area contributed by atoms with E-state index in [1.165, 1.54) is 0 Å². The van der Waals surface area contributed by atoms with Crippen LogP contribution in [0.3, 0.4) is 0 Å². The van der Waals surface area contributed by atoms with Gasteiger partial charge in [0.1, 0.15) is 0 Å². The minimum atomic E-state index is -4.96. The molecule has 0 aromatic heterocycles. The minimum absolute atomic E-state index is 0.0986. The number of rotatable bonds is 2. The Morgan fingerprint density at radius 1 is 1.05 bits per heavy atom. The van der Waals surface area contributed by atoms with Crippen molar-refractivity contribution in [1.29, 1.82) is 0 Å². The van der Waals surface area contributed by atoms with Crippen LogP contribution in [0.4, 0.5) is 13.2 Å². The lowest BCUT2D eigenvalue weighted by molar-refractivity contribution is -0.179. The zero-order valence-electron chi connectivity index (χ0n) is 10.2. The molecular formula is C12H16F3NO3. The summed E-state index contributed by atoms with van der Waals surface area (Å²) < 4.78 is 36.7. The summed E-state index contributed by atoms with van der Waals surface area (Å²) in [6, 6.07) is -0.880. The van der Waals surface area contributed by atoms with E-state index in [-0.39, 0.29) is 11.8 Å². The number of halogens is 3. The molecule has 19 heavy (non-hydrogen) atoms. The summed E-state index contributed by atoms with van der Waals surface area (Å²) in [4.78, 5) is 22.1. The third-order valence-electron chi connectivity index (χ3n) is 4.27. The highest BCUT2D eigenvalue weighted by atomic mass is 19.4. The van der Waals surface area contributed by atoms with Gasteiger partial charge in [0.25, 0.3) is 0 Å². The van der Waals surface area contributed by atoms with Gasteiger partial charge in [0.05, 0.1) is 5.92 Å². The molecule has 108 valence electrons. The van der Waals surface area contributed by atoms with Crippen molar-refractivity contribution < 1.29 is 27.9 Å². The Kier molecular flexibility index (Phi) is 3.73. The number of hydrogen-bond acceptors (Lipinski definition) is 2. The molecule has 2 aliphatic carbocycles. The number of fused-ring (bicyclic) bond motifs is 1. The van der Waals surface area contributed by atoms with E-state index in [0.717, 1.165) is 25.7 Å². The van der Waals surface area contributed by atoms with Crippen molar-refractivity contribution in [2.45, 2.75) is 44.3 Å². The average molecular weight is 279 g/mol. The summed E-state index contributed by atoms with van der Waals surface area (Å²) in [7, 11) is 0. The average Bonchev–Trinajstić information content (AvgIpc) is 2.46. The van der Waals surface area contributed by atoms with Crippen LogP contribution in [0.25, 0.3) is 0 Å². The molecule has 0 heterocycles. The van der Waals surface area contributed by atoms with Crippen molar-refractivity contribution in [3.05, 3.63) is 0 Å². The molecule has 4 nitrogen and oxygen atoms in total. The largest absolute Gasteiger partial charge is 0.481 e. The summed E-state index contributed by atoms with van der Waals surface area (Å²) in [5, 5.41) is 11.0. The molecule has 0 bridgehead atoms. The molecular weight excluding hydrogens is 263 g/mol. The Morgan fingerprint density at radius 3 is 2.16 bits per heavy atom. The number of aliphatic carboxylic acids is 1. The standard InChI is InChI=1S/C12H16F3NO3/c13-12(14,15)11(19)16-9-7-5-3-1-2-4-6(7)8(9)10(17)18/h6-9H,1-5H2,(H,16,19)(H,17,18)/t6-,7+,8-,9-/m0/s1. The number of carbonyl (C=O) groups excluding carboxylic acids is 1. The van der Waals surface area contributed by atoms with Gasteiger partial charge in [-0.15, -0.1) is 0 Å². The summed E-state index contributed by atoms with van der Waals surface area (Å²) >= 11 is 0. The van der Waals surface area contributed by atoms with Crippen molar-refractivity contribution in [3.8, 4) is 0 Å². The number of amides is 1. The highest BCUT2D eigenvalue weighted by molar-refractivity contribution is 5.83. The third-order valence-corrected chi connectivity index (χ3v) is 4.27. The Bertz CT molecular complexity index is 383. The number of carboxylic acid groups (broad SMARTS) is 1. The first-order valence-corrected chi connectivity index (χ1v) is 6.43. The van der Waals surface area contributed by atoms with E-state index in [1.807, 2.05) is 5.32 Å². The van der Waals surface area contributed by atoms with Gasteiger partial charge in [-0.3, -0.25) is 9.59 Å².